The van der Waals surface area contributed by atoms with Crippen molar-refractivity contribution in [2.24, 2.45) is 5.73 Å². The molecule has 0 bridgehead atoms. The number of hydrogen-bond donors (Lipinski definition) is 1. The Bertz CT molecular complexity index is 81.8. The van der Waals surface area contributed by atoms with Gasteiger partial charge in [0.25, 0.3) is 0 Å². The predicted molar refractivity (Wildman–Crippen MR) is 56.1 cm³/mol. The molecule has 0 heterocycles. The monoisotopic (exact) mass is 213 g/mol. The molecule has 2 N–H and O–H groups in total. The molecule has 0 aliphatic carbocycles. The first-order valence-corrected chi connectivity index (χ1v) is 6.04. The molecular weight excluding hydrogens is 194 g/mol. The molecule has 3 nitrogen and oxygen atoms in total. The van der Waals surface area contributed by atoms with E-state index >= 15 is 0 Å². The average molecular weight is 214 g/mol. The van der Waals surface area contributed by atoms with Gasteiger partial charge < -0.3 is 14.6 Å². The van der Waals surface area contributed by atoms with Crippen molar-refractivity contribution >= 4 is 21.7 Å². The van der Waals surface area contributed by atoms with Crippen LogP contribution >= 0.6 is 12.4 Å². The highest BCUT2D eigenvalue weighted by Gasteiger charge is 2.09. The Morgan fingerprint density at radius 2 is 1.67 bits per heavy atom. The van der Waals surface area contributed by atoms with Crippen LogP contribution in [0.2, 0.25) is 6.04 Å². The van der Waals surface area contributed by atoms with E-state index in [9.17, 15) is 0 Å². The predicted octanol–water partition coefficient (Wildman–Crippen LogP) is 1.05. The van der Waals surface area contributed by atoms with Gasteiger partial charge in [0.15, 0.2) is 0 Å². The van der Waals surface area contributed by atoms with Crippen LogP contribution in [-0.2, 0) is 8.85 Å². The molecule has 0 amide bonds. The summed E-state index contributed by atoms with van der Waals surface area (Å²) in [5, 5.41) is 0. The first-order valence-electron chi connectivity index (χ1n) is 4.28. The first kappa shape index (κ1) is 14.9. The molecule has 0 aromatic carbocycles. The molecule has 0 atom stereocenters. The van der Waals surface area contributed by atoms with Crippen molar-refractivity contribution in [2.75, 3.05) is 19.8 Å². The van der Waals surface area contributed by atoms with E-state index in [4.69, 9.17) is 14.6 Å². The Morgan fingerprint density at radius 1 is 1.17 bits per heavy atom. The molecule has 0 aliphatic heterocycles. The van der Waals surface area contributed by atoms with Crippen LogP contribution in [-0.4, -0.2) is 29.0 Å². The Morgan fingerprint density at radius 3 is 2.00 bits per heavy atom. The molecule has 12 heavy (non-hydrogen) atoms. The molecule has 5 heteroatoms. The maximum absolute atomic E-state index is 5.45. The van der Waals surface area contributed by atoms with Crippen LogP contribution in [0.3, 0.4) is 0 Å². The zero-order valence-corrected chi connectivity index (χ0v) is 9.89. The van der Waals surface area contributed by atoms with E-state index in [0.29, 0.717) is 0 Å². The van der Waals surface area contributed by atoms with Crippen molar-refractivity contribution in [2.45, 2.75) is 26.3 Å². The topological polar surface area (TPSA) is 44.5 Å². The van der Waals surface area contributed by atoms with Crippen molar-refractivity contribution in [3.05, 3.63) is 0 Å². The summed E-state index contributed by atoms with van der Waals surface area (Å²) in [6.07, 6.45) is 1.02. The molecule has 0 spiro atoms. The quantitative estimate of drug-likeness (QED) is 0.644. The van der Waals surface area contributed by atoms with Gasteiger partial charge in [0.1, 0.15) is 0 Å². The minimum Gasteiger partial charge on any atom is -0.397 e. The molecule has 0 radical (unpaired) electrons. The number of hydrogen-bond acceptors (Lipinski definition) is 3. The van der Waals surface area contributed by atoms with E-state index in [2.05, 4.69) is 0 Å². The summed E-state index contributed by atoms with van der Waals surface area (Å²) < 4.78 is 10.9. The summed E-state index contributed by atoms with van der Waals surface area (Å²) >= 11 is 0. The maximum atomic E-state index is 5.45. The first-order chi connectivity index (χ1) is 5.35. The van der Waals surface area contributed by atoms with Gasteiger partial charge in [0.05, 0.1) is 0 Å². The van der Waals surface area contributed by atoms with E-state index in [0.717, 1.165) is 32.2 Å². The zero-order chi connectivity index (χ0) is 8.53. The molecule has 0 unspecified atom stereocenters. The molecular formula is C7H20ClNO2Si. The molecule has 0 aliphatic rings. The summed E-state index contributed by atoms with van der Waals surface area (Å²) in [5.74, 6) is 0. The average Bonchev–Trinajstić information content (AvgIpc) is 2.01. The van der Waals surface area contributed by atoms with Gasteiger partial charge in [-0.1, -0.05) is 0 Å². The van der Waals surface area contributed by atoms with Crippen molar-refractivity contribution in [1.82, 2.24) is 0 Å². The van der Waals surface area contributed by atoms with E-state index in [1.807, 2.05) is 13.8 Å². The van der Waals surface area contributed by atoms with Gasteiger partial charge in [-0.15, -0.1) is 12.4 Å². The lowest BCUT2D eigenvalue weighted by atomic mass is 10.5. The van der Waals surface area contributed by atoms with Crippen molar-refractivity contribution in [3.63, 3.8) is 0 Å². The van der Waals surface area contributed by atoms with Gasteiger partial charge in [0.2, 0.25) is 0 Å². The van der Waals surface area contributed by atoms with E-state index < -0.39 is 9.28 Å². The fraction of sp³-hybridized carbons (Fsp3) is 1.00. The van der Waals surface area contributed by atoms with E-state index in [-0.39, 0.29) is 12.4 Å². The molecule has 0 rings (SSSR count). The fourth-order valence-electron chi connectivity index (χ4n) is 0.871. The summed E-state index contributed by atoms with van der Waals surface area (Å²) in [6.45, 7) is 6.27. The van der Waals surface area contributed by atoms with E-state index in [1.54, 1.807) is 0 Å². The molecule has 0 aromatic heterocycles. The normalized spacial score (nSPS) is 10.0. The van der Waals surface area contributed by atoms with Gasteiger partial charge in [-0.05, 0) is 32.9 Å². The Kier molecular flexibility index (Phi) is 14.1. The highest BCUT2D eigenvalue weighted by molar-refractivity contribution is 6.44. The third kappa shape index (κ3) is 8.48. The van der Waals surface area contributed by atoms with Crippen molar-refractivity contribution < 1.29 is 8.85 Å². The lowest BCUT2D eigenvalue weighted by Crippen LogP contribution is -2.23. The molecule has 76 valence electrons. The lowest BCUT2D eigenvalue weighted by molar-refractivity contribution is 0.213. The summed E-state index contributed by atoms with van der Waals surface area (Å²) in [4.78, 5) is 0. The standard InChI is InChI=1S/C7H19NO2Si.ClH/c1-3-9-11(10-4-2)7-5-6-8;/h11H,3-8H2,1-2H3;1H. The van der Waals surface area contributed by atoms with Crippen LogP contribution in [0.1, 0.15) is 20.3 Å². The van der Waals surface area contributed by atoms with Crippen LogP contribution in [0, 0.1) is 0 Å². The van der Waals surface area contributed by atoms with Gasteiger partial charge in [-0.2, -0.15) is 0 Å². The van der Waals surface area contributed by atoms with Crippen molar-refractivity contribution in [3.8, 4) is 0 Å². The maximum Gasteiger partial charge on any atom is 0.321 e. The number of rotatable bonds is 7. The summed E-state index contributed by atoms with van der Waals surface area (Å²) in [5.41, 5.74) is 5.38. The van der Waals surface area contributed by atoms with Gasteiger partial charge in [-0.3, -0.25) is 0 Å². The van der Waals surface area contributed by atoms with Crippen LogP contribution < -0.4 is 5.73 Å². The van der Waals surface area contributed by atoms with Crippen LogP contribution in [0.5, 0.6) is 0 Å². The van der Waals surface area contributed by atoms with Crippen LogP contribution in [0.15, 0.2) is 0 Å². The van der Waals surface area contributed by atoms with Crippen LogP contribution in [0.25, 0.3) is 0 Å². The fourth-order valence-corrected chi connectivity index (χ4v) is 2.61. The molecule has 0 saturated carbocycles. The largest absolute Gasteiger partial charge is 0.397 e. The number of nitrogens with two attached hydrogens (primary N) is 1. The Hall–Kier alpha value is 0.387. The molecule has 0 saturated heterocycles. The summed E-state index contributed by atoms with van der Waals surface area (Å²) in [7, 11) is -1.33. The van der Waals surface area contributed by atoms with Crippen LogP contribution in [0.4, 0.5) is 0 Å². The minimum absolute atomic E-state index is 0. The second-order valence-electron chi connectivity index (χ2n) is 2.27. The molecule has 0 aromatic rings. The van der Waals surface area contributed by atoms with Gasteiger partial charge >= 0.3 is 9.28 Å². The Balaban J connectivity index is 0. The highest BCUT2D eigenvalue weighted by atomic mass is 35.5. The third-order valence-electron chi connectivity index (χ3n) is 1.35. The zero-order valence-electron chi connectivity index (χ0n) is 7.91. The third-order valence-corrected chi connectivity index (χ3v) is 3.64. The van der Waals surface area contributed by atoms with Gasteiger partial charge in [-0.25, -0.2) is 0 Å². The minimum atomic E-state index is -1.33. The van der Waals surface area contributed by atoms with Gasteiger partial charge in [0, 0.05) is 13.2 Å². The second kappa shape index (κ2) is 11.4. The smallest absolute Gasteiger partial charge is 0.321 e. The second-order valence-corrected chi connectivity index (χ2v) is 4.37. The highest BCUT2D eigenvalue weighted by Crippen LogP contribution is 1.99. The van der Waals surface area contributed by atoms with Crippen molar-refractivity contribution in [1.29, 1.82) is 0 Å². The summed E-state index contributed by atoms with van der Waals surface area (Å²) in [6, 6.07) is 1.04. The number of halogens is 1. The SMILES string of the molecule is CCO[SiH](CCCN)OCC.Cl. The van der Waals surface area contributed by atoms with E-state index in [1.165, 1.54) is 0 Å². The lowest BCUT2D eigenvalue weighted by Gasteiger charge is -2.13. The molecule has 0 fully saturated rings. The Labute approximate surface area is 82.9 Å².